The molecule has 0 unspecified atom stereocenters. The predicted octanol–water partition coefficient (Wildman–Crippen LogP) is 4.55. The molecule has 0 heterocycles. The van der Waals surface area contributed by atoms with Crippen molar-refractivity contribution in [2.45, 2.75) is 6.92 Å². The third-order valence-corrected chi connectivity index (χ3v) is 4.35. The maximum Gasteiger partial charge on any atom is 0.272 e. The van der Waals surface area contributed by atoms with Crippen molar-refractivity contribution < 1.29 is 18.7 Å². The summed E-state index contributed by atoms with van der Waals surface area (Å²) in [6.45, 7) is 1.94. The summed E-state index contributed by atoms with van der Waals surface area (Å²) in [6.07, 6.45) is 1.52. The van der Waals surface area contributed by atoms with Crippen LogP contribution in [0.3, 0.4) is 0 Å². The Morgan fingerprint density at radius 3 is 2.23 bits per heavy atom. The lowest BCUT2D eigenvalue weighted by Gasteiger charge is -2.12. The van der Waals surface area contributed by atoms with E-state index in [0.29, 0.717) is 17.0 Å². The topological polar surface area (TPSA) is 67.4 Å². The molecule has 152 valence electrons. The van der Waals surface area contributed by atoms with Crippen LogP contribution >= 0.6 is 0 Å². The molecule has 0 bridgehead atoms. The number of methoxy groups -OCH3 is 1. The van der Waals surface area contributed by atoms with E-state index in [-0.39, 0.29) is 11.3 Å². The molecule has 0 aromatic heterocycles. The van der Waals surface area contributed by atoms with Crippen molar-refractivity contribution in [3.63, 3.8) is 0 Å². The Balaban J connectivity index is 1.89. The minimum atomic E-state index is -0.716. The zero-order valence-electron chi connectivity index (χ0n) is 16.6. The number of halogens is 1. The van der Waals surface area contributed by atoms with Gasteiger partial charge >= 0.3 is 0 Å². The molecule has 0 fully saturated rings. The average molecular weight is 404 g/mol. The molecule has 0 saturated heterocycles. The first kappa shape index (κ1) is 20.8. The maximum atomic E-state index is 14.0. The van der Waals surface area contributed by atoms with E-state index in [1.54, 1.807) is 49.6 Å². The molecule has 0 radical (unpaired) electrons. The lowest BCUT2D eigenvalue weighted by molar-refractivity contribution is -0.113. The average Bonchev–Trinajstić information content (AvgIpc) is 2.75. The number of hydrogen-bond donors (Lipinski definition) is 2. The SMILES string of the molecule is COc1ccc(/C=C(/NC(=O)c2ccccc2F)C(=O)Nc2ccc(C)cc2)cc1. The van der Waals surface area contributed by atoms with Crippen molar-refractivity contribution >= 4 is 23.6 Å². The fourth-order valence-corrected chi connectivity index (χ4v) is 2.70. The summed E-state index contributed by atoms with van der Waals surface area (Å²) < 4.78 is 19.1. The second kappa shape index (κ2) is 9.52. The van der Waals surface area contributed by atoms with Gasteiger partial charge in [0.2, 0.25) is 0 Å². The van der Waals surface area contributed by atoms with Crippen LogP contribution in [0.2, 0.25) is 0 Å². The summed E-state index contributed by atoms with van der Waals surface area (Å²) in [5.41, 5.74) is 2.12. The van der Waals surface area contributed by atoms with E-state index in [1.165, 1.54) is 24.3 Å². The van der Waals surface area contributed by atoms with Gasteiger partial charge in [0.05, 0.1) is 12.7 Å². The van der Waals surface area contributed by atoms with Gasteiger partial charge in [0.1, 0.15) is 17.3 Å². The standard InChI is InChI=1S/C24H21FN2O3/c1-16-7-11-18(12-8-16)26-24(29)22(15-17-9-13-19(30-2)14-10-17)27-23(28)20-5-3-4-6-21(20)25/h3-15H,1-2H3,(H,26,29)(H,27,28)/b22-15+. The van der Waals surface area contributed by atoms with E-state index < -0.39 is 17.6 Å². The van der Waals surface area contributed by atoms with Crippen LogP contribution in [0.4, 0.5) is 10.1 Å². The molecule has 3 aromatic carbocycles. The van der Waals surface area contributed by atoms with Gasteiger partial charge in [-0.3, -0.25) is 9.59 Å². The van der Waals surface area contributed by atoms with E-state index in [9.17, 15) is 14.0 Å². The summed E-state index contributed by atoms with van der Waals surface area (Å²) in [4.78, 5) is 25.4. The lowest BCUT2D eigenvalue weighted by atomic mass is 10.1. The molecule has 0 aliphatic rings. The Bertz CT molecular complexity index is 1070. The van der Waals surface area contributed by atoms with E-state index in [4.69, 9.17) is 4.74 Å². The van der Waals surface area contributed by atoms with Gasteiger partial charge in [-0.15, -0.1) is 0 Å². The second-order valence-electron chi connectivity index (χ2n) is 6.59. The molecule has 30 heavy (non-hydrogen) atoms. The molecule has 3 aromatic rings. The predicted molar refractivity (Wildman–Crippen MR) is 115 cm³/mol. The zero-order chi connectivity index (χ0) is 21.5. The van der Waals surface area contributed by atoms with Crippen molar-refractivity contribution in [3.05, 3.63) is 101 Å². The zero-order valence-corrected chi connectivity index (χ0v) is 16.6. The van der Waals surface area contributed by atoms with Gasteiger partial charge in [-0.25, -0.2) is 4.39 Å². The van der Waals surface area contributed by atoms with E-state index in [2.05, 4.69) is 10.6 Å². The van der Waals surface area contributed by atoms with E-state index >= 15 is 0 Å². The molecule has 2 N–H and O–H groups in total. The number of hydrogen-bond acceptors (Lipinski definition) is 3. The lowest BCUT2D eigenvalue weighted by Crippen LogP contribution is -2.31. The molecule has 5 nitrogen and oxygen atoms in total. The smallest absolute Gasteiger partial charge is 0.272 e. The molecule has 3 rings (SSSR count). The quantitative estimate of drug-likeness (QED) is 0.592. The summed E-state index contributed by atoms with van der Waals surface area (Å²) in [5, 5.41) is 5.26. The van der Waals surface area contributed by atoms with Crippen molar-refractivity contribution in [3.8, 4) is 5.75 Å². The normalized spacial score (nSPS) is 11.0. The minimum Gasteiger partial charge on any atom is -0.497 e. The number of carbonyl (C=O) groups excluding carboxylic acids is 2. The number of aryl methyl sites for hydroxylation is 1. The van der Waals surface area contributed by atoms with Crippen LogP contribution in [0.15, 0.2) is 78.5 Å². The van der Waals surface area contributed by atoms with E-state index in [0.717, 1.165) is 5.56 Å². The van der Waals surface area contributed by atoms with Crippen molar-refractivity contribution in [2.24, 2.45) is 0 Å². The first-order valence-electron chi connectivity index (χ1n) is 9.26. The van der Waals surface area contributed by atoms with Crippen LogP contribution in [0, 0.1) is 12.7 Å². The third-order valence-electron chi connectivity index (χ3n) is 4.35. The van der Waals surface area contributed by atoms with Crippen LogP contribution in [0.25, 0.3) is 6.08 Å². The van der Waals surface area contributed by atoms with Crippen molar-refractivity contribution in [2.75, 3.05) is 12.4 Å². The van der Waals surface area contributed by atoms with Crippen LogP contribution in [-0.2, 0) is 4.79 Å². The molecule has 2 amide bonds. The molecule has 0 spiro atoms. The number of nitrogens with one attached hydrogen (secondary N) is 2. The Morgan fingerprint density at radius 1 is 0.933 bits per heavy atom. The van der Waals surface area contributed by atoms with Crippen LogP contribution in [-0.4, -0.2) is 18.9 Å². The molecule has 0 aliphatic heterocycles. The van der Waals surface area contributed by atoms with E-state index in [1.807, 2.05) is 19.1 Å². The van der Waals surface area contributed by atoms with Gasteiger partial charge in [-0.2, -0.15) is 0 Å². The molecule has 0 atom stereocenters. The highest BCUT2D eigenvalue weighted by Crippen LogP contribution is 2.16. The fourth-order valence-electron chi connectivity index (χ4n) is 2.70. The summed E-state index contributed by atoms with van der Waals surface area (Å²) in [7, 11) is 1.56. The van der Waals surface area contributed by atoms with Gasteiger partial charge in [0, 0.05) is 5.69 Å². The van der Waals surface area contributed by atoms with Crippen LogP contribution < -0.4 is 15.4 Å². The Kier molecular flexibility index (Phi) is 6.60. The number of anilines is 1. The third kappa shape index (κ3) is 5.32. The second-order valence-corrected chi connectivity index (χ2v) is 6.59. The molecule has 6 heteroatoms. The molecular formula is C24H21FN2O3. The molecular weight excluding hydrogens is 383 g/mol. The fraction of sp³-hybridized carbons (Fsp3) is 0.0833. The summed E-state index contributed by atoms with van der Waals surface area (Å²) in [5.74, 6) is -1.25. The monoisotopic (exact) mass is 404 g/mol. The Labute approximate surface area is 174 Å². The van der Waals surface area contributed by atoms with Gasteiger partial charge in [0.25, 0.3) is 11.8 Å². The molecule has 0 aliphatic carbocycles. The summed E-state index contributed by atoms with van der Waals surface area (Å²) >= 11 is 0. The Morgan fingerprint density at radius 2 is 1.60 bits per heavy atom. The highest BCUT2D eigenvalue weighted by atomic mass is 19.1. The number of benzene rings is 3. The number of ether oxygens (including phenoxy) is 1. The van der Waals surface area contributed by atoms with Gasteiger partial charge < -0.3 is 15.4 Å². The largest absolute Gasteiger partial charge is 0.497 e. The van der Waals surface area contributed by atoms with Gasteiger partial charge in [0.15, 0.2) is 0 Å². The number of rotatable bonds is 6. The number of amides is 2. The first-order chi connectivity index (χ1) is 14.5. The van der Waals surface area contributed by atoms with Gasteiger partial charge in [-0.05, 0) is 55.0 Å². The molecule has 0 saturated carbocycles. The highest BCUT2D eigenvalue weighted by Gasteiger charge is 2.17. The van der Waals surface area contributed by atoms with Crippen LogP contribution in [0.5, 0.6) is 5.75 Å². The first-order valence-corrected chi connectivity index (χ1v) is 9.26. The maximum absolute atomic E-state index is 14.0. The highest BCUT2D eigenvalue weighted by molar-refractivity contribution is 6.10. The van der Waals surface area contributed by atoms with Crippen LogP contribution in [0.1, 0.15) is 21.5 Å². The van der Waals surface area contributed by atoms with Crippen molar-refractivity contribution in [1.29, 1.82) is 0 Å². The van der Waals surface area contributed by atoms with Crippen molar-refractivity contribution in [1.82, 2.24) is 5.32 Å². The van der Waals surface area contributed by atoms with Gasteiger partial charge in [-0.1, -0.05) is 42.0 Å². The Hall–Kier alpha value is -3.93. The summed E-state index contributed by atoms with van der Waals surface area (Å²) in [6, 6.07) is 19.8. The number of carbonyl (C=O) groups is 2. The minimum absolute atomic E-state index is 0.0194.